The Balaban J connectivity index is 1.89. The monoisotopic (exact) mass is 304 g/mol. The lowest BCUT2D eigenvalue weighted by atomic mass is 9.87. The van der Waals surface area contributed by atoms with E-state index in [1.807, 2.05) is 11.8 Å². The van der Waals surface area contributed by atoms with Crippen LogP contribution in [0.5, 0.6) is 0 Å². The number of benzene rings is 1. The van der Waals surface area contributed by atoms with Crippen LogP contribution < -0.4 is 10.2 Å². The Hall–Kier alpha value is -0.670. The Morgan fingerprint density at radius 1 is 1.33 bits per heavy atom. The predicted molar refractivity (Wildman–Crippen MR) is 93.3 cm³/mol. The zero-order valence-corrected chi connectivity index (χ0v) is 14.5. The Morgan fingerprint density at radius 2 is 2.10 bits per heavy atom. The van der Waals surface area contributed by atoms with E-state index in [-0.39, 0.29) is 0 Å². The average molecular weight is 305 g/mol. The van der Waals surface area contributed by atoms with Crippen molar-refractivity contribution < 1.29 is 0 Å². The molecule has 1 aliphatic carbocycles. The van der Waals surface area contributed by atoms with Gasteiger partial charge in [0.25, 0.3) is 0 Å². The van der Waals surface area contributed by atoms with Crippen LogP contribution in [0.1, 0.15) is 33.6 Å². The number of rotatable bonds is 4. The molecule has 0 aromatic heterocycles. The van der Waals surface area contributed by atoms with E-state index in [9.17, 15) is 0 Å². The second kappa shape index (κ2) is 5.85. The molecule has 0 radical (unpaired) electrons. The largest absolute Gasteiger partial charge is 0.365 e. The van der Waals surface area contributed by atoms with Crippen LogP contribution in [0.2, 0.25) is 0 Å². The third-order valence-electron chi connectivity index (χ3n) is 5.25. The summed E-state index contributed by atoms with van der Waals surface area (Å²) in [5.74, 6) is 1.54. The van der Waals surface area contributed by atoms with Gasteiger partial charge in [-0.05, 0) is 56.1 Å². The molecule has 2 atom stereocenters. The van der Waals surface area contributed by atoms with E-state index in [0.717, 1.165) is 19.0 Å². The average Bonchev–Trinajstić information content (AvgIpc) is 3.32. The molecule has 0 amide bonds. The number of nitrogens with zero attached hydrogens (tertiary/aromatic N) is 1. The van der Waals surface area contributed by atoms with Gasteiger partial charge in [0, 0.05) is 35.3 Å². The number of anilines is 1. The summed E-state index contributed by atoms with van der Waals surface area (Å²) in [5, 5.41) is 3.87. The molecule has 2 fully saturated rings. The smallest absolute Gasteiger partial charge is 0.0438 e. The van der Waals surface area contributed by atoms with Crippen molar-refractivity contribution >= 4 is 17.4 Å². The molecule has 1 N–H and O–H groups in total. The molecule has 1 saturated carbocycles. The van der Waals surface area contributed by atoms with Crippen molar-refractivity contribution in [2.24, 2.45) is 11.8 Å². The number of thioether (sulfide) groups is 1. The first-order valence-electron chi connectivity index (χ1n) is 8.19. The highest BCUT2D eigenvalue weighted by molar-refractivity contribution is 7.98. The Kier molecular flexibility index (Phi) is 4.24. The molecular weight excluding hydrogens is 276 g/mol. The van der Waals surface area contributed by atoms with Crippen LogP contribution in [0.25, 0.3) is 0 Å². The zero-order chi connectivity index (χ0) is 15.0. The molecule has 2 nitrogen and oxygen atoms in total. The van der Waals surface area contributed by atoms with Gasteiger partial charge in [-0.3, -0.25) is 0 Å². The van der Waals surface area contributed by atoms with Crippen molar-refractivity contribution in [1.82, 2.24) is 5.32 Å². The third-order valence-corrected chi connectivity index (χ3v) is 5.97. The van der Waals surface area contributed by atoms with Gasteiger partial charge in [0.1, 0.15) is 0 Å². The quantitative estimate of drug-likeness (QED) is 0.846. The lowest BCUT2D eigenvalue weighted by Gasteiger charge is -2.49. The van der Waals surface area contributed by atoms with Gasteiger partial charge < -0.3 is 10.2 Å². The minimum atomic E-state index is 0.292. The summed E-state index contributed by atoms with van der Waals surface area (Å²) >= 11 is 1.83. The molecule has 2 unspecified atom stereocenters. The molecular formula is C18H28N2S. The third kappa shape index (κ3) is 3.09. The van der Waals surface area contributed by atoms with Crippen LogP contribution in [0.3, 0.4) is 0 Å². The maximum Gasteiger partial charge on any atom is 0.0438 e. The maximum absolute atomic E-state index is 3.87. The minimum absolute atomic E-state index is 0.292. The summed E-state index contributed by atoms with van der Waals surface area (Å²) < 4.78 is 0. The highest BCUT2D eigenvalue weighted by atomic mass is 32.2. The lowest BCUT2D eigenvalue weighted by molar-refractivity contribution is 0.233. The Labute approximate surface area is 133 Å². The molecule has 1 aromatic rings. The van der Waals surface area contributed by atoms with Gasteiger partial charge in [-0.1, -0.05) is 19.9 Å². The number of hydrogen-bond acceptors (Lipinski definition) is 3. The second-order valence-electron chi connectivity index (χ2n) is 7.21. The standard InChI is InChI=1S/C18H28N2S/c1-13(2)17-11-19-18(3,14-8-9-14)12-20(17)15-6-5-7-16(10-15)21-4/h5-7,10,13-14,17,19H,8-9,11-12H2,1-4H3. The predicted octanol–water partition coefficient (Wildman–Crippen LogP) is 4.01. The van der Waals surface area contributed by atoms with Crippen molar-refractivity contribution in [1.29, 1.82) is 0 Å². The molecule has 2 aliphatic rings. The van der Waals surface area contributed by atoms with Crippen LogP contribution >= 0.6 is 11.8 Å². The first-order valence-corrected chi connectivity index (χ1v) is 9.42. The van der Waals surface area contributed by atoms with Crippen molar-refractivity contribution in [3.63, 3.8) is 0 Å². The molecule has 3 heteroatoms. The molecule has 1 saturated heterocycles. The molecule has 1 aromatic carbocycles. The van der Waals surface area contributed by atoms with Crippen molar-refractivity contribution in [3.8, 4) is 0 Å². The Morgan fingerprint density at radius 3 is 2.71 bits per heavy atom. The first-order chi connectivity index (χ1) is 10.0. The van der Waals surface area contributed by atoms with E-state index < -0.39 is 0 Å². The fourth-order valence-corrected chi connectivity index (χ4v) is 4.09. The van der Waals surface area contributed by atoms with E-state index in [1.165, 1.54) is 23.4 Å². The first kappa shape index (κ1) is 15.2. The molecule has 21 heavy (non-hydrogen) atoms. The molecule has 3 rings (SSSR count). The van der Waals surface area contributed by atoms with E-state index in [4.69, 9.17) is 0 Å². The summed E-state index contributed by atoms with van der Waals surface area (Å²) in [6.07, 6.45) is 4.95. The van der Waals surface area contributed by atoms with Crippen LogP contribution in [-0.4, -0.2) is 30.9 Å². The van der Waals surface area contributed by atoms with Gasteiger partial charge in [-0.15, -0.1) is 11.8 Å². The topological polar surface area (TPSA) is 15.3 Å². The van der Waals surface area contributed by atoms with Gasteiger partial charge in [0.2, 0.25) is 0 Å². The van der Waals surface area contributed by atoms with Crippen LogP contribution in [-0.2, 0) is 0 Å². The van der Waals surface area contributed by atoms with Crippen LogP contribution in [0.4, 0.5) is 5.69 Å². The van der Waals surface area contributed by atoms with Gasteiger partial charge in [-0.25, -0.2) is 0 Å². The molecule has 0 bridgehead atoms. The summed E-state index contributed by atoms with van der Waals surface area (Å²) in [4.78, 5) is 4.03. The highest BCUT2D eigenvalue weighted by Crippen LogP contribution is 2.42. The normalized spacial score (nSPS) is 30.0. The van der Waals surface area contributed by atoms with E-state index >= 15 is 0 Å². The second-order valence-corrected chi connectivity index (χ2v) is 8.09. The van der Waals surface area contributed by atoms with Gasteiger partial charge in [-0.2, -0.15) is 0 Å². The van der Waals surface area contributed by atoms with Gasteiger partial charge in [0.15, 0.2) is 0 Å². The van der Waals surface area contributed by atoms with Crippen molar-refractivity contribution in [2.75, 3.05) is 24.2 Å². The molecule has 1 heterocycles. The lowest BCUT2D eigenvalue weighted by Crippen LogP contribution is -2.65. The van der Waals surface area contributed by atoms with Crippen LogP contribution in [0.15, 0.2) is 29.2 Å². The number of nitrogens with one attached hydrogen (secondary N) is 1. The minimum Gasteiger partial charge on any atom is -0.365 e. The van der Waals surface area contributed by atoms with Gasteiger partial charge >= 0.3 is 0 Å². The summed E-state index contributed by atoms with van der Waals surface area (Å²) in [6.45, 7) is 9.36. The van der Waals surface area contributed by atoms with Gasteiger partial charge in [0.05, 0.1) is 0 Å². The van der Waals surface area contributed by atoms with E-state index in [2.05, 4.69) is 61.5 Å². The summed E-state index contributed by atoms with van der Waals surface area (Å²) in [6, 6.07) is 9.65. The number of piperazine rings is 1. The SMILES string of the molecule is CSc1cccc(N2CC(C)(C3CC3)NCC2C(C)C)c1. The molecule has 1 aliphatic heterocycles. The highest BCUT2D eigenvalue weighted by Gasteiger charge is 2.46. The molecule has 0 spiro atoms. The fraction of sp³-hybridized carbons (Fsp3) is 0.667. The summed E-state index contributed by atoms with van der Waals surface area (Å²) in [7, 11) is 0. The zero-order valence-electron chi connectivity index (χ0n) is 13.7. The van der Waals surface area contributed by atoms with Crippen LogP contribution in [0, 0.1) is 11.8 Å². The summed E-state index contributed by atoms with van der Waals surface area (Å²) in [5.41, 5.74) is 1.69. The number of hydrogen-bond donors (Lipinski definition) is 1. The van der Waals surface area contributed by atoms with Crippen molar-refractivity contribution in [2.45, 2.75) is 50.1 Å². The maximum atomic E-state index is 3.87. The Bertz CT molecular complexity index is 498. The van der Waals surface area contributed by atoms with E-state index in [0.29, 0.717) is 17.5 Å². The fourth-order valence-electron chi connectivity index (χ4n) is 3.64. The molecule has 116 valence electrons. The van der Waals surface area contributed by atoms with E-state index in [1.54, 1.807) is 0 Å². The van der Waals surface area contributed by atoms with Crippen molar-refractivity contribution in [3.05, 3.63) is 24.3 Å².